The molecule has 0 spiro atoms. The van der Waals surface area contributed by atoms with E-state index in [9.17, 15) is 4.79 Å². The van der Waals surface area contributed by atoms with Crippen LogP contribution < -0.4 is 0 Å². The van der Waals surface area contributed by atoms with Crippen LogP contribution in [0.25, 0.3) is 0 Å². The lowest BCUT2D eigenvalue weighted by atomic mass is 10.2. The number of halogens is 3. The van der Waals surface area contributed by atoms with E-state index in [2.05, 4.69) is 58.1 Å². The Balaban J connectivity index is 2.17. The molecule has 5 nitrogen and oxygen atoms in total. The maximum absolute atomic E-state index is 11.5. The maximum Gasteiger partial charge on any atom is 0.360 e. The number of hydrogen-bond donors (Lipinski definition) is 0. The number of hydrogen-bond acceptors (Lipinski definition) is 4. The van der Waals surface area contributed by atoms with Crippen LogP contribution in [0.15, 0.2) is 31.7 Å². The molecule has 0 aliphatic heterocycles. The number of ether oxygens (including phenoxy) is 1. The van der Waals surface area contributed by atoms with Crippen molar-refractivity contribution in [1.82, 2.24) is 15.0 Å². The first kappa shape index (κ1) is 15.7. The predicted octanol–water partition coefficient (Wildman–Crippen LogP) is 3.79. The maximum atomic E-state index is 11.5. The summed E-state index contributed by atoms with van der Waals surface area (Å²) in [5.74, 6) is -0.461. The fourth-order valence-corrected chi connectivity index (χ4v) is 3.07. The van der Waals surface area contributed by atoms with E-state index in [4.69, 9.17) is 4.74 Å². The van der Waals surface area contributed by atoms with Gasteiger partial charge < -0.3 is 4.74 Å². The smallest absolute Gasteiger partial charge is 0.360 e. The molecule has 0 N–H and O–H groups in total. The summed E-state index contributed by atoms with van der Waals surface area (Å²) in [6.07, 6.45) is 1.57. The highest BCUT2D eigenvalue weighted by Gasteiger charge is 2.12. The summed E-state index contributed by atoms with van der Waals surface area (Å²) in [6, 6.07) is 3.95. The van der Waals surface area contributed by atoms with Gasteiger partial charge in [-0.05, 0) is 72.4 Å². The third-order valence-electron chi connectivity index (χ3n) is 2.41. The average molecular weight is 468 g/mol. The largest absolute Gasteiger partial charge is 0.461 e. The number of carbonyl (C=O) groups excluding carboxylic acids is 1. The van der Waals surface area contributed by atoms with Crippen LogP contribution in [0.4, 0.5) is 0 Å². The molecular formula is C12H10Br3N3O2. The van der Waals surface area contributed by atoms with Crippen molar-refractivity contribution in [2.45, 2.75) is 13.5 Å². The minimum absolute atomic E-state index is 0.210. The molecule has 0 bridgehead atoms. The van der Waals surface area contributed by atoms with E-state index < -0.39 is 5.97 Å². The summed E-state index contributed by atoms with van der Waals surface area (Å²) in [5.41, 5.74) is 1.23. The first-order valence-corrected chi connectivity index (χ1v) is 8.09. The molecule has 1 aromatic heterocycles. The van der Waals surface area contributed by atoms with Gasteiger partial charge in [-0.3, -0.25) is 0 Å². The van der Waals surface area contributed by atoms with E-state index in [-0.39, 0.29) is 5.69 Å². The standard InChI is InChI=1S/C12H10Br3N3O2/c1-2-20-12(19)10-6-18(17-16-10)5-7-3-8(13)11(15)9(14)4-7/h3-4,6H,2,5H2,1H3. The first-order valence-electron chi connectivity index (χ1n) is 5.72. The van der Waals surface area contributed by atoms with Crippen molar-refractivity contribution < 1.29 is 9.53 Å². The van der Waals surface area contributed by atoms with Gasteiger partial charge in [-0.2, -0.15) is 0 Å². The molecule has 0 atom stereocenters. The summed E-state index contributed by atoms with van der Waals surface area (Å²) >= 11 is 10.4. The summed E-state index contributed by atoms with van der Waals surface area (Å²) in [7, 11) is 0. The van der Waals surface area contributed by atoms with Crippen molar-refractivity contribution in [3.63, 3.8) is 0 Å². The number of aromatic nitrogens is 3. The number of esters is 1. The zero-order valence-corrected chi connectivity index (χ0v) is 15.2. The van der Waals surface area contributed by atoms with Crippen LogP contribution in [-0.4, -0.2) is 27.6 Å². The van der Waals surface area contributed by atoms with Crippen LogP contribution in [0.5, 0.6) is 0 Å². The van der Waals surface area contributed by atoms with E-state index in [0.717, 1.165) is 19.0 Å². The van der Waals surface area contributed by atoms with E-state index in [1.807, 2.05) is 12.1 Å². The second-order valence-electron chi connectivity index (χ2n) is 3.90. The van der Waals surface area contributed by atoms with Gasteiger partial charge in [0.2, 0.25) is 0 Å². The van der Waals surface area contributed by atoms with E-state index >= 15 is 0 Å². The number of carbonyl (C=O) groups is 1. The summed E-state index contributed by atoms with van der Waals surface area (Å²) in [6.45, 7) is 2.58. The molecular weight excluding hydrogens is 458 g/mol. The highest BCUT2D eigenvalue weighted by Crippen LogP contribution is 2.32. The molecule has 0 unspecified atom stereocenters. The molecule has 2 rings (SSSR count). The Morgan fingerprint density at radius 1 is 1.30 bits per heavy atom. The lowest BCUT2D eigenvalue weighted by molar-refractivity contribution is 0.0519. The van der Waals surface area contributed by atoms with Crippen molar-refractivity contribution in [2.24, 2.45) is 0 Å². The normalized spacial score (nSPS) is 10.6. The van der Waals surface area contributed by atoms with Crippen LogP contribution in [0.2, 0.25) is 0 Å². The monoisotopic (exact) mass is 465 g/mol. The van der Waals surface area contributed by atoms with Gasteiger partial charge in [0.1, 0.15) is 0 Å². The molecule has 0 amide bonds. The van der Waals surface area contributed by atoms with Gasteiger partial charge >= 0.3 is 5.97 Å². The summed E-state index contributed by atoms with van der Waals surface area (Å²) in [4.78, 5) is 11.5. The highest BCUT2D eigenvalue weighted by molar-refractivity contribution is 9.14. The number of nitrogens with zero attached hydrogens (tertiary/aromatic N) is 3. The molecule has 0 saturated carbocycles. The first-order chi connectivity index (χ1) is 9.51. The Kier molecular flexibility index (Phi) is 5.34. The van der Waals surface area contributed by atoms with Gasteiger partial charge in [-0.25, -0.2) is 9.48 Å². The Hall–Kier alpha value is -0.730. The van der Waals surface area contributed by atoms with E-state index in [1.165, 1.54) is 0 Å². The van der Waals surface area contributed by atoms with Crippen molar-refractivity contribution in [3.05, 3.63) is 43.0 Å². The Bertz CT molecular complexity index is 620. The summed E-state index contributed by atoms with van der Waals surface area (Å²) < 4.78 is 9.29. The second kappa shape index (κ2) is 6.82. The van der Waals surface area contributed by atoms with E-state index in [0.29, 0.717) is 13.2 Å². The molecule has 8 heteroatoms. The molecule has 0 aliphatic rings. The highest BCUT2D eigenvalue weighted by atomic mass is 79.9. The molecule has 0 radical (unpaired) electrons. The summed E-state index contributed by atoms with van der Waals surface area (Å²) in [5, 5.41) is 7.72. The minimum Gasteiger partial charge on any atom is -0.461 e. The van der Waals surface area contributed by atoms with Crippen LogP contribution in [-0.2, 0) is 11.3 Å². The van der Waals surface area contributed by atoms with Gasteiger partial charge in [0, 0.05) is 13.4 Å². The van der Waals surface area contributed by atoms with Gasteiger partial charge in [0.05, 0.1) is 19.3 Å². The quantitative estimate of drug-likeness (QED) is 0.507. The lowest BCUT2D eigenvalue weighted by Gasteiger charge is -2.05. The van der Waals surface area contributed by atoms with Crippen molar-refractivity contribution >= 4 is 53.8 Å². The Labute approximate surface area is 141 Å². The van der Waals surface area contributed by atoms with Crippen LogP contribution >= 0.6 is 47.8 Å². The molecule has 0 saturated heterocycles. The van der Waals surface area contributed by atoms with Gasteiger partial charge in [0.25, 0.3) is 0 Å². The predicted molar refractivity (Wildman–Crippen MR) is 84.6 cm³/mol. The van der Waals surface area contributed by atoms with Crippen molar-refractivity contribution in [2.75, 3.05) is 6.61 Å². The van der Waals surface area contributed by atoms with E-state index in [1.54, 1.807) is 17.8 Å². The second-order valence-corrected chi connectivity index (χ2v) is 6.40. The molecule has 0 fully saturated rings. The van der Waals surface area contributed by atoms with Gasteiger partial charge in [-0.15, -0.1) is 5.10 Å². The minimum atomic E-state index is -0.461. The molecule has 20 heavy (non-hydrogen) atoms. The third-order valence-corrected chi connectivity index (χ3v) is 5.58. The number of rotatable bonds is 4. The molecule has 1 aromatic carbocycles. The zero-order chi connectivity index (χ0) is 14.7. The van der Waals surface area contributed by atoms with Crippen molar-refractivity contribution in [3.8, 4) is 0 Å². The topological polar surface area (TPSA) is 57.0 Å². The Morgan fingerprint density at radius 2 is 1.95 bits per heavy atom. The van der Waals surface area contributed by atoms with Crippen molar-refractivity contribution in [1.29, 1.82) is 0 Å². The third kappa shape index (κ3) is 3.67. The van der Waals surface area contributed by atoms with Gasteiger partial charge in [-0.1, -0.05) is 5.21 Å². The van der Waals surface area contributed by atoms with Crippen LogP contribution in [0.3, 0.4) is 0 Å². The fourth-order valence-electron chi connectivity index (χ4n) is 1.56. The molecule has 106 valence electrons. The molecule has 0 aliphatic carbocycles. The van der Waals surface area contributed by atoms with Gasteiger partial charge in [0.15, 0.2) is 5.69 Å². The molecule has 1 heterocycles. The van der Waals surface area contributed by atoms with Crippen LogP contribution in [0.1, 0.15) is 23.0 Å². The zero-order valence-electron chi connectivity index (χ0n) is 10.4. The average Bonchev–Trinajstić information content (AvgIpc) is 2.85. The SMILES string of the molecule is CCOC(=O)c1cn(Cc2cc(Br)c(Br)c(Br)c2)nn1. The Morgan fingerprint density at radius 3 is 2.55 bits per heavy atom. The molecule has 2 aromatic rings. The van der Waals surface area contributed by atoms with Crippen LogP contribution in [0, 0.1) is 0 Å². The fraction of sp³-hybridized carbons (Fsp3) is 0.250. The number of benzene rings is 1. The lowest BCUT2D eigenvalue weighted by Crippen LogP contribution is -2.05.